The van der Waals surface area contributed by atoms with Gasteiger partial charge in [-0.05, 0) is 43.9 Å². The van der Waals surface area contributed by atoms with Gasteiger partial charge in [-0.15, -0.1) is 0 Å². The number of rotatable bonds is 4. The van der Waals surface area contributed by atoms with E-state index in [9.17, 15) is 4.79 Å². The number of carbonyl (C=O) groups is 1. The normalized spacial score (nSPS) is 16.3. The van der Waals surface area contributed by atoms with E-state index in [1.807, 2.05) is 32.0 Å². The summed E-state index contributed by atoms with van der Waals surface area (Å²) >= 11 is 0. The third-order valence-corrected chi connectivity index (χ3v) is 3.28. The minimum Gasteiger partial charge on any atom is -0.326 e. The Morgan fingerprint density at radius 3 is 2.83 bits per heavy atom. The summed E-state index contributed by atoms with van der Waals surface area (Å²) in [6.45, 7) is 4.01. The van der Waals surface area contributed by atoms with Gasteiger partial charge >= 0.3 is 0 Å². The van der Waals surface area contributed by atoms with E-state index >= 15 is 0 Å². The van der Waals surface area contributed by atoms with Crippen molar-refractivity contribution < 1.29 is 4.79 Å². The van der Waals surface area contributed by atoms with Crippen molar-refractivity contribution in [3.8, 4) is 0 Å². The van der Waals surface area contributed by atoms with Gasteiger partial charge in [-0.3, -0.25) is 4.79 Å². The van der Waals surface area contributed by atoms with Crippen molar-refractivity contribution in [3.05, 3.63) is 29.3 Å². The minimum atomic E-state index is -0.189. The van der Waals surface area contributed by atoms with Crippen LogP contribution in [0.15, 0.2) is 18.2 Å². The number of hydrogen-bond acceptors (Lipinski definition) is 3. The molecule has 18 heavy (non-hydrogen) atoms. The van der Waals surface area contributed by atoms with Crippen LogP contribution in [0, 0.1) is 0 Å². The lowest BCUT2D eigenvalue weighted by molar-refractivity contribution is -0.115. The van der Waals surface area contributed by atoms with Crippen LogP contribution in [-0.4, -0.2) is 11.4 Å². The Hall–Kier alpha value is -1.39. The molecule has 1 aromatic carbocycles. The van der Waals surface area contributed by atoms with Crippen molar-refractivity contribution >= 4 is 11.6 Å². The number of nitrogens with one attached hydrogen (secondary N) is 1. The Kier molecular flexibility index (Phi) is 3.41. The second-order valence-corrected chi connectivity index (χ2v) is 5.78. The van der Waals surface area contributed by atoms with Crippen LogP contribution in [0.5, 0.6) is 0 Å². The standard InChI is InChI=1S/C14H21N3O/c1-14(2,16)6-5-11(15)9-3-4-12-10(7-9)8-13(18)17-12/h3-4,7,11H,5-6,8,15-16H2,1-2H3,(H,17,18). The van der Waals surface area contributed by atoms with Crippen LogP contribution in [0.2, 0.25) is 0 Å². The molecule has 0 aliphatic carbocycles. The predicted octanol–water partition coefficient (Wildman–Crippen LogP) is 1.70. The molecule has 0 radical (unpaired) electrons. The minimum absolute atomic E-state index is 0.0196. The van der Waals surface area contributed by atoms with E-state index in [0.717, 1.165) is 29.7 Å². The second kappa shape index (κ2) is 4.71. The topological polar surface area (TPSA) is 81.1 Å². The molecule has 5 N–H and O–H groups in total. The maximum Gasteiger partial charge on any atom is 0.228 e. The van der Waals surface area contributed by atoms with Crippen molar-refractivity contribution in [1.82, 2.24) is 0 Å². The van der Waals surface area contributed by atoms with Gasteiger partial charge in [-0.25, -0.2) is 0 Å². The maximum absolute atomic E-state index is 11.3. The zero-order valence-electron chi connectivity index (χ0n) is 11.0. The molecule has 0 fully saturated rings. The molecule has 4 nitrogen and oxygen atoms in total. The molecule has 0 saturated heterocycles. The van der Waals surface area contributed by atoms with Crippen LogP contribution in [0.25, 0.3) is 0 Å². The molecule has 1 atom stereocenters. The van der Waals surface area contributed by atoms with E-state index in [2.05, 4.69) is 5.32 Å². The van der Waals surface area contributed by atoms with Crippen LogP contribution in [0.4, 0.5) is 5.69 Å². The molecule has 1 aliphatic rings. The monoisotopic (exact) mass is 247 g/mol. The van der Waals surface area contributed by atoms with E-state index in [-0.39, 0.29) is 17.5 Å². The number of nitrogens with two attached hydrogens (primary N) is 2. The highest BCUT2D eigenvalue weighted by molar-refractivity contribution is 5.99. The average Bonchev–Trinajstić information content (AvgIpc) is 2.63. The number of benzene rings is 1. The van der Waals surface area contributed by atoms with Crippen molar-refractivity contribution in [2.75, 3.05) is 5.32 Å². The van der Waals surface area contributed by atoms with Crippen molar-refractivity contribution in [2.24, 2.45) is 11.5 Å². The molecule has 98 valence electrons. The lowest BCUT2D eigenvalue weighted by atomic mass is 9.93. The zero-order chi connectivity index (χ0) is 13.3. The lowest BCUT2D eigenvalue weighted by Gasteiger charge is -2.21. The summed E-state index contributed by atoms with van der Waals surface area (Å²) in [7, 11) is 0. The molecule has 0 bridgehead atoms. The lowest BCUT2D eigenvalue weighted by Crippen LogP contribution is -2.32. The molecule has 1 aromatic rings. The summed E-state index contributed by atoms with van der Waals surface area (Å²) in [5, 5.41) is 2.82. The predicted molar refractivity (Wildman–Crippen MR) is 73.2 cm³/mol. The van der Waals surface area contributed by atoms with Gasteiger partial charge in [-0.2, -0.15) is 0 Å². The highest BCUT2D eigenvalue weighted by Crippen LogP contribution is 2.27. The van der Waals surface area contributed by atoms with Gasteiger partial charge in [0.05, 0.1) is 6.42 Å². The molecule has 2 rings (SSSR count). The fourth-order valence-electron chi connectivity index (χ4n) is 2.17. The summed E-state index contributed by atoms with van der Waals surface area (Å²) in [6.07, 6.45) is 2.18. The van der Waals surface area contributed by atoms with Gasteiger partial charge in [0.2, 0.25) is 5.91 Å². The van der Waals surface area contributed by atoms with E-state index in [1.165, 1.54) is 0 Å². The summed E-state index contributed by atoms with van der Waals surface area (Å²) in [6, 6.07) is 5.93. The van der Waals surface area contributed by atoms with E-state index < -0.39 is 0 Å². The fraction of sp³-hybridized carbons (Fsp3) is 0.500. The van der Waals surface area contributed by atoms with Gasteiger partial charge < -0.3 is 16.8 Å². The Morgan fingerprint density at radius 1 is 1.44 bits per heavy atom. The van der Waals surface area contributed by atoms with Gasteiger partial charge in [0.25, 0.3) is 0 Å². The van der Waals surface area contributed by atoms with Crippen molar-refractivity contribution in [1.29, 1.82) is 0 Å². The molecule has 0 aromatic heterocycles. The molecule has 4 heteroatoms. The summed E-state index contributed by atoms with van der Waals surface area (Å²) in [5.41, 5.74) is 15.0. The fourth-order valence-corrected chi connectivity index (χ4v) is 2.17. The Bertz CT molecular complexity index is 463. The molecule has 1 heterocycles. The first-order valence-electron chi connectivity index (χ1n) is 6.32. The summed E-state index contributed by atoms with van der Waals surface area (Å²) < 4.78 is 0. The third-order valence-electron chi connectivity index (χ3n) is 3.28. The van der Waals surface area contributed by atoms with Gasteiger partial charge in [0.1, 0.15) is 0 Å². The van der Waals surface area contributed by atoms with Crippen molar-refractivity contribution in [2.45, 2.75) is 44.7 Å². The quantitative estimate of drug-likeness (QED) is 0.757. The third kappa shape index (κ3) is 3.09. The molecular weight excluding hydrogens is 226 g/mol. The van der Waals surface area contributed by atoms with Crippen LogP contribution in [0.3, 0.4) is 0 Å². The van der Waals surface area contributed by atoms with E-state index in [0.29, 0.717) is 6.42 Å². The van der Waals surface area contributed by atoms with Crippen LogP contribution in [-0.2, 0) is 11.2 Å². The van der Waals surface area contributed by atoms with Crippen LogP contribution < -0.4 is 16.8 Å². The molecule has 1 amide bonds. The first-order valence-corrected chi connectivity index (χ1v) is 6.32. The molecular formula is C14H21N3O. The maximum atomic E-state index is 11.3. The number of carbonyl (C=O) groups excluding carboxylic acids is 1. The van der Waals surface area contributed by atoms with Gasteiger partial charge in [-0.1, -0.05) is 12.1 Å². The smallest absolute Gasteiger partial charge is 0.228 e. The number of amides is 1. The Balaban J connectivity index is 2.06. The molecule has 1 unspecified atom stereocenters. The first-order chi connectivity index (χ1) is 8.35. The molecule has 0 spiro atoms. The van der Waals surface area contributed by atoms with Gasteiger partial charge in [0, 0.05) is 17.3 Å². The average molecular weight is 247 g/mol. The van der Waals surface area contributed by atoms with E-state index in [4.69, 9.17) is 11.5 Å². The van der Waals surface area contributed by atoms with E-state index in [1.54, 1.807) is 0 Å². The van der Waals surface area contributed by atoms with Crippen molar-refractivity contribution in [3.63, 3.8) is 0 Å². The zero-order valence-corrected chi connectivity index (χ0v) is 11.0. The van der Waals surface area contributed by atoms with Gasteiger partial charge in [0.15, 0.2) is 0 Å². The molecule has 0 saturated carbocycles. The van der Waals surface area contributed by atoms with Crippen LogP contribution >= 0.6 is 0 Å². The number of fused-ring (bicyclic) bond motifs is 1. The highest BCUT2D eigenvalue weighted by atomic mass is 16.1. The summed E-state index contributed by atoms with van der Waals surface area (Å²) in [4.78, 5) is 11.3. The Morgan fingerprint density at radius 2 is 2.17 bits per heavy atom. The Labute approximate surface area is 108 Å². The number of anilines is 1. The second-order valence-electron chi connectivity index (χ2n) is 5.78. The highest BCUT2D eigenvalue weighted by Gasteiger charge is 2.20. The summed E-state index contributed by atoms with van der Waals surface area (Å²) in [5.74, 6) is 0.0545. The number of hydrogen-bond donors (Lipinski definition) is 3. The SMILES string of the molecule is CC(C)(N)CCC(N)c1ccc2c(c1)CC(=O)N2. The molecule has 1 aliphatic heterocycles. The van der Waals surface area contributed by atoms with Crippen LogP contribution in [0.1, 0.15) is 43.9 Å². The first kappa shape index (κ1) is 13.1. The largest absolute Gasteiger partial charge is 0.326 e.